The zero-order valence-corrected chi connectivity index (χ0v) is 16.0. The average Bonchev–Trinajstić information content (AvgIpc) is 2.62. The van der Waals surface area contributed by atoms with E-state index in [4.69, 9.17) is 16.6 Å². The molecule has 4 aromatic rings. The molecule has 3 aromatic carbocycles. The summed E-state index contributed by atoms with van der Waals surface area (Å²) in [6, 6.07) is 20.5. The van der Waals surface area contributed by atoms with Crippen molar-refractivity contribution in [3.63, 3.8) is 0 Å². The van der Waals surface area contributed by atoms with Crippen LogP contribution >= 0.6 is 11.6 Å². The normalized spacial score (nSPS) is 11.6. The van der Waals surface area contributed by atoms with E-state index in [0.29, 0.717) is 10.7 Å². The molecule has 5 nitrogen and oxygen atoms in total. The maximum atomic E-state index is 11.4. The van der Waals surface area contributed by atoms with Crippen molar-refractivity contribution >= 4 is 60.5 Å². The second-order valence-electron chi connectivity index (χ2n) is 6.24. The number of anilines is 3. The number of nitrogens with one attached hydrogen (secondary N) is 2. The van der Waals surface area contributed by atoms with Crippen LogP contribution in [0, 0.1) is 0 Å². The van der Waals surface area contributed by atoms with E-state index in [1.807, 2.05) is 54.6 Å². The van der Waals surface area contributed by atoms with Crippen molar-refractivity contribution in [3.8, 4) is 0 Å². The predicted octanol–water partition coefficient (Wildman–Crippen LogP) is 5.16. The van der Waals surface area contributed by atoms with Crippen LogP contribution < -0.4 is 10.0 Å². The number of hydrogen-bond acceptors (Lipinski definition) is 4. The van der Waals surface area contributed by atoms with Gasteiger partial charge < -0.3 is 5.32 Å². The Balaban J connectivity index is 1.81. The standard InChI is InChI=1S/C20H16ClN3O2S/c1-27(25,26)24-15-9-7-14(8-10-15)22-20-16-4-2-3-5-18(16)23-19-11-6-13(21)12-17(19)20/h2-12,24H,1H3,(H,22,23). The summed E-state index contributed by atoms with van der Waals surface area (Å²) in [6.45, 7) is 0. The van der Waals surface area contributed by atoms with E-state index < -0.39 is 10.0 Å². The smallest absolute Gasteiger partial charge is 0.229 e. The summed E-state index contributed by atoms with van der Waals surface area (Å²) in [6.07, 6.45) is 1.12. The average molecular weight is 398 g/mol. The van der Waals surface area contributed by atoms with Crippen LogP contribution in [0.3, 0.4) is 0 Å². The van der Waals surface area contributed by atoms with Crippen LogP contribution in [0.25, 0.3) is 21.8 Å². The third-order valence-electron chi connectivity index (χ3n) is 4.10. The van der Waals surface area contributed by atoms with Gasteiger partial charge in [-0.2, -0.15) is 0 Å². The Morgan fingerprint density at radius 2 is 1.52 bits per heavy atom. The van der Waals surface area contributed by atoms with Gasteiger partial charge in [-0.1, -0.05) is 29.8 Å². The molecule has 7 heteroatoms. The minimum Gasteiger partial charge on any atom is -0.354 e. The second kappa shape index (κ2) is 6.72. The predicted molar refractivity (Wildman–Crippen MR) is 112 cm³/mol. The molecule has 0 saturated carbocycles. The highest BCUT2D eigenvalue weighted by molar-refractivity contribution is 7.92. The SMILES string of the molecule is CS(=O)(=O)Nc1ccc(Nc2c3ccccc3nc3ccc(Cl)cc23)cc1. The van der Waals surface area contributed by atoms with Crippen LogP contribution in [0.2, 0.25) is 5.02 Å². The lowest BCUT2D eigenvalue weighted by Gasteiger charge is -2.14. The topological polar surface area (TPSA) is 71.1 Å². The largest absolute Gasteiger partial charge is 0.354 e. The number of nitrogens with zero attached hydrogens (tertiary/aromatic N) is 1. The fourth-order valence-corrected chi connectivity index (χ4v) is 3.71. The van der Waals surface area contributed by atoms with Crippen molar-refractivity contribution in [1.82, 2.24) is 4.98 Å². The number of benzene rings is 3. The van der Waals surface area contributed by atoms with Crippen molar-refractivity contribution in [1.29, 1.82) is 0 Å². The molecule has 4 rings (SSSR count). The van der Waals surface area contributed by atoms with Crippen LogP contribution in [0.15, 0.2) is 66.7 Å². The van der Waals surface area contributed by atoms with E-state index in [1.165, 1.54) is 0 Å². The molecule has 0 spiro atoms. The highest BCUT2D eigenvalue weighted by atomic mass is 35.5. The molecule has 0 radical (unpaired) electrons. The minimum atomic E-state index is -3.30. The third-order valence-corrected chi connectivity index (χ3v) is 4.94. The Hall–Kier alpha value is -2.83. The lowest BCUT2D eigenvalue weighted by molar-refractivity contribution is 0.607. The zero-order chi connectivity index (χ0) is 19.0. The van der Waals surface area contributed by atoms with Crippen molar-refractivity contribution in [2.24, 2.45) is 0 Å². The first-order valence-electron chi connectivity index (χ1n) is 8.22. The van der Waals surface area contributed by atoms with Gasteiger partial charge in [0.15, 0.2) is 0 Å². The van der Waals surface area contributed by atoms with Gasteiger partial charge in [0, 0.05) is 27.2 Å². The maximum Gasteiger partial charge on any atom is 0.229 e. The number of sulfonamides is 1. The van der Waals surface area contributed by atoms with Crippen molar-refractivity contribution in [2.45, 2.75) is 0 Å². The number of pyridine rings is 1. The Bertz CT molecular complexity index is 1260. The fraction of sp³-hybridized carbons (Fsp3) is 0.0500. The Labute approximate surface area is 162 Å². The summed E-state index contributed by atoms with van der Waals surface area (Å²) in [4.78, 5) is 4.70. The molecule has 0 saturated heterocycles. The first-order valence-corrected chi connectivity index (χ1v) is 10.5. The molecule has 0 amide bonds. The number of halogens is 1. The molecule has 0 fully saturated rings. The quantitative estimate of drug-likeness (QED) is 0.467. The van der Waals surface area contributed by atoms with Crippen LogP contribution in [-0.4, -0.2) is 19.7 Å². The summed E-state index contributed by atoms with van der Waals surface area (Å²) in [5, 5.41) is 5.96. The molecular weight excluding hydrogens is 382 g/mol. The summed E-state index contributed by atoms with van der Waals surface area (Å²) in [7, 11) is -3.30. The highest BCUT2D eigenvalue weighted by Crippen LogP contribution is 2.34. The molecule has 2 N–H and O–H groups in total. The third kappa shape index (κ3) is 3.82. The van der Waals surface area contributed by atoms with Gasteiger partial charge in [0.2, 0.25) is 10.0 Å². The monoisotopic (exact) mass is 397 g/mol. The van der Waals surface area contributed by atoms with Gasteiger partial charge in [-0.05, 0) is 48.5 Å². The van der Waals surface area contributed by atoms with Gasteiger partial charge in [-0.3, -0.25) is 4.72 Å². The lowest BCUT2D eigenvalue weighted by Crippen LogP contribution is -2.09. The van der Waals surface area contributed by atoms with Crippen molar-refractivity contribution < 1.29 is 8.42 Å². The molecule has 1 heterocycles. The highest BCUT2D eigenvalue weighted by Gasteiger charge is 2.10. The maximum absolute atomic E-state index is 11.4. The van der Waals surface area contributed by atoms with Gasteiger partial charge >= 0.3 is 0 Å². The van der Waals surface area contributed by atoms with Gasteiger partial charge in [0.05, 0.1) is 23.0 Å². The second-order valence-corrected chi connectivity index (χ2v) is 8.43. The number of aromatic nitrogens is 1. The summed E-state index contributed by atoms with van der Waals surface area (Å²) < 4.78 is 25.2. The van der Waals surface area contributed by atoms with E-state index in [2.05, 4.69) is 10.0 Å². The zero-order valence-electron chi connectivity index (χ0n) is 14.4. The van der Waals surface area contributed by atoms with Gasteiger partial charge in [-0.15, -0.1) is 0 Å². The molecule has 0 aliphatic rings. The Kier molecular flexibility index (Phi) is 4.37. The Morgan fingerprint density at radius 1 is 0.852 bits per heavy atom. The van der Waals surface area contributed by atoms with Gasteiger partial charge in [0.25, 0.3) is 0 Å². The number of hydrogen-bond donors (Lipinski definition) is 2. The summed E-state index contributed by atoms with van der Waals surface area (Å²) >= 11 is 6.21. The molecule has 0 atom stereocenters. The van der Waals surface area contributed by atoms with Crippen LogP contribution in [0.5, 0.6) is 0 Å². The molecular formula is C20H16ClN3O2S. The first-order chi connectivity index (χ1) is 12.9. The fourth-order valence-electron chi connectivity index (χ4n) is 2.98. The molecule has 136 valence electrons. The van der Waals surface area contributed by atoms with Crippen molar-refractivity contribution in [2.75, 3.05) is 16.3 Å². The van der Waals surface area contributed by atoms with E-state index in [0.717, 1.165) is 39.4 Å². The van der Waals surface area contributed by atoms with Gasteiger partial charge in [0.1, 0.15) is 0 Å². The molecule has 0 unspecified atom stereocenters. The van der Waals surface area contributed by atoms with E-state index in [-0.39, 0.29) is 0 Å². The van der Waals surface area contributed by atoms with E-state index in [1.54, 1.807) is 12.1 Å². The molecule has 0 aliphatic carbocycles. The van der Waals surface area contributed by atoms with Crippen LogP contribution in [0.4, 0.5) is 17.1 Å². The minimum absolute atomic E-state index is 0.510. The van der Waals surface area contributed by atoms with Crippen molar-refractivity contribution in [3.05, 3.63) is 71.8 Å². The molecule has 1 aromatic heterocycles. The van der Waals surface area contributed by atoms with Gasteiger partial charge in [-0.25, -0.2) is 13.4 Å². The number of para-hydroxylation sites is 1. The van der Waals surface area contributed by atoms with Crippen LogP contribution in [0.1, 0.15) is 0 Å². The van der Waals surface area contributed by atoms with Crippen LogP contribution in [-0.2, 0) is 10.0 Å². The molecule has 0 bridgehead atoms. The van der Waals surface area contributed by atoms with E-state index >= 15 is 0 Å². The lowest BCUT2D eigenvalue weighted by atomic mass is 10.1. The number of fused-ring (bicyclic) bond motifs is 2. The molecule has 27 heavy (non-hydrogen) atoms. The molecule has 0 aliphatic heterocycles. The summed E-state index contributed by atoms with van der Waals surface area (Å²) in [5.41, 5.74) is 3.96. The van der Waals surface area contributed by atoms with E-state index in [9.17, 15) is 8.42 Å². The summed E-state index contributed by atoms with van der Waals surface area (Å²) in [5.74, 6) is 0. The number of rotatable bonds is 4. The Morgan fingerprint density at radius 3 is 2.26 bits per heavy atom. The first kappa shape index (κ1) is 17.6.